The Kier molecular flexibility index (Phi) is 5.81. The third-order valence-electron chi connectivity index (χ3n) is 3.75. The molecule has 0 aromatic carbocycles. The van der Waals surface area contributed by atoms with Gasteiger partial charge in [0.25, 0.3) is 0 Å². The fourth-order valence-electron chi connectivity index (χ4n) is 2.54. The average Bonchev–Trinajstić information content (AvgIpc) is 2.26. The van der Waals surface area contributed by atoms with Crippen LogP contribution in [0.5, 0.6) is 0 Å². The van der Waals surface area contributed by atoms with Crippen LogP contribution in [0.2, 0.25) is 0 Å². The fraction of sp³-hybridized carbons (Fsp3) is 0.923. The van der Waals surface area contributed by atoms with Crippen molar-refractivity contribution in [1.29, 1.82) is 0 Å². The van der Waals surface area contributed by atoms with E-state index in [1.807, 2.05) is 0 Å². The maximum absolute atomic E-state index is 11.0. The van der Waals surface area contributed by atoms with Gasteiger partial charge in [0.05, 0.1) is 5.92 Å². The summed E-state index contributed by atoms with van der Waals surface area (Å²) < 4.78 is 0. The van der Waals surface area contributed by atoms with Crippen LogP contribution in [0, 0.1) is 5.92 Å². The Bertz CT molecular complexity index is 218. The normalized spacial score (nSPS) is 26.9. The predicted molar refractivity (Wildman–Crippen MR) is 65.5 cm³/mol. The van der Waals surface area contributed by atoms with Gasteiger partial charge in [0.1, 0.15) is 0 Å². The van der Waals surface area contributed by atoms with Crippen molar-refractivity contribution in [3.63, 3.8) is 0 Å². The van der Waals surface area contributed by atoms with Crippen molar-refractivity contribution in [3.05, 3.63) is 0 Å². The Morgan fingerprint density at radius 2 is 2.12 bits per heavy atom. The van der Waals surface area contributed by atoms with Crippen LogP contribution in [0.1, 0.15) is 51.9 Å². The zero-order chi connectivity index (χ0) is 12.0. The van der Waals surface area contributed by atoms with Crippen molar-refractivity contribution in [2.24, 2.45) is 5.92 Å². The maximum Gasteiger partial charge on any atom is 0.306 e. The van der Waals surface area contributed by atoms with E-state index in [0.29, 0.717) is 6.04 Å². The van der Waals surface area contributed by atoms with Crippen molar-refractivity contribution < 1.29 is 9.90 Å². The number of unbranched alkanes of at least 4 members (excludes halogenated alkanes) is 3. The zero-order valence-corrected chi connectivity index (χ0v) is 10.6. The van der Waals surface area contributed by atoms with E-state index < -0.39 is 5.97 Å². The van der Waals surface area contributed by atoms with Gasteiger partial charge in [0.15, 0.2) is 0 Å². The van der Waals surface area contributed by atoms with E-state index in [-0.39, 0.29) is 5.92 Å². The molecule has 1 fully saturated rings. The summed E-state index contributed by atoms with van der Waals surface area (Å²) in [5.74, 6) is -0.709. The van der Waals surface area contributed by atoms with Crippen LogP contribution in [0.15, 0.2) is 0 Å². The molecule has 94 valence electrons. The predicted octanol–water partition coefficient (Wildman–Crippen LogP) is 2.75. The summed E-state index contributed by atoms with van der Waals surface area (Å²) in [7, 11) is 2.13. The Morgan fingerprint density at radius 3 is 2.75 bits per heavy atom. The highest BCUT2D eigenvalue weighted by atomic mass is 16.4. The highest BCUT2D eigenvalue weighted by Crippen LogP contribution is 2.25. The summed E-state index contributed by atoms with van der Waals surface area (Å²) in [4.78, 5) is 13.3. The number of carbonyl (C=O) groups is 1. The van der Waals surface area contributed by atoms with Gasteiger partial charge in [-0.05, 0) is 32.9 Å². The third kappa shape index (κ3) is 4.12. The minimum absolute atomic E-state index is 0.104. The van der Waals surface area contributed by atoms with E-state index in [9.17, 15) is 4.79 Å². The van der Waals surface area contributed by atoms with Crippen LogP contribution in [0.3, 0.4) is 0 Å². The number of piperidine rings is 1. The molecular formula is C13H25NO2. The molecule has 1 aliphatic rings. The summed E-state index contributed by atoms with van der Waals surface area (Å²) >= 11 is 0. The van der Waals surface area contributed by atoms with E-state index in [2.05, 4.69) is 18.9 Å². The molecule has 1 saturated heterocycles. The second-order valence-corrected chi connectivity index (χ2v) is 5.04. The summed E-state index contributed by atoms with van der Waals surface area (Å²) in [6, 6.07) is 0.492. The van der Waals surface area contributed by atoms with Gasteiger partial charge in [-0.25, -0.2) is 0 Å². The molecule has 0 aromatic rings. The molecule has 1 aliphatic heterocycles. The van der Waals surface area contributed by atoms with Crippen molar-refractivity contribution in [2.45, 2.75) is 57.9 Å². The first kappa shape index (κ1) is 13.5. The first-order valence-electron chi connectivity index (χ1n) is 6.58. The summed E-state index contributed by atoms with van der Waals surface area (Å²) in [5.41, 5.74) is 0. The standard InChI is InChI=1S/C13H25NO2/c1-3-4-5-6-7-12-10-11(13(15)16)8-9-14(12)2/h11-12H,3-10H2,1-2H3,(H,15,16). The minimum Gasteiger partial charge on any atom is -0.481 e. The number of hydrogen-bond donors (Lipinski definition) is 1. The van der Waals surface area contributed by atoms with E-state index in [0.717, 1.165) is 19.4 Å². The molecule has 16 heavy (non-hydrogen) atoms. The van der Waals surface area contributed by atoms with Crippen molar-refractivity contribution >= 4 is 5.97 Å². The van der Waals surface area contributed by atoms with Crippen LogP contribution in [0.25, 0.3) is 0 Å². The SMILES string of the molecule is CCCCCCC1CC(C(=O)O)CCN1C. The monoisotopic (exact) mass is 227 g/mol. The van der Waals surface area contributed by atoms with Crippen LogP contribution in [-0.4, -0.2) is 35.6 Å². The molecular weight excluding hydrogens is 202 g/mol. The quantitative estimate of drug-likeness (QED) is 0.709. The first-order valence-corrected chi connectivity index (χ1v) is 6.58. The molecule has 0 spiro atoms. The molecule has 2 unspecified atom stereocenters. The van der Waals surface area contributed by atoms with E-state index >= 15 is 0 Å². The topological polar surface area (TPSA) is 40.5 Å². The summed E-state index contributed by atoms with van der Waals surface area (Å²) in [5, 5.41) is 9.03. The largest absolute Gasteiger partial charge is 0.481 e. The van der Waals surface area contributed by atoms with Crippen molar-refractivity contribution in [2.75, 3.05) is 13.6 Å². The lowest BCUT2D eigenvalue weighted by Gasteiger charge is -2.35. The van der Waals surface area contributed by atoms with Gasteiger partial charge in [-0.2, -0.15) is 0 Å². The minimum atomic E-state index is -0.605. The lowest BCUT2D eigenvalue weighted by molar-refractivity contribution is -0.144. The molecule has 2 atom stereocenters. The van der Waals surface area contributed by atoms with Crippen molar-refractivity contribution in [1.82, 2.24) is 4.90 Å². The van der Waals surface area contributed by atoms with E-state index in [4.69, 9.17) is 5.11 Å². The van der Waals surface area contributed by atoms with Gasteiger partial charge in [0.2, 0.25) is 0 Å². The fourth-order valence-corrected chi connectivity index (χ4v) is 2.54. The summed E-state index contributed by atoms with van der Waals surface area (Å²) in [6.45, 7) is 3.16. The first-order chi connectivity index (χ1) is 7.65. The molecule has 3 nitrogen and oxygen atoms in total. The van der Waals surface area contributed by atoms with Gasteiger partial charge >= 0.3 is 5.97 Å². The number of carboxylic acid groups (broad SMARTS) is 1. The molecule has 1 heterocycles. The Balaban J connectivity index is 2.29. The highest BCUT2D eigenvalue weighted by molar-refractivity contribution is 5.70. The number of nitrogens with zero attached hydrogens (tertiary/aromatic N) is 1. The number of hydrogen-bond acceptors (Lipinski definition) is 2. The average molecular weight is 227 g/mol. The summed E-state index contributed by atoms with van der Waals surface area (Å²) in [6.07, 6.45) is 7.93. The van der Waals surface area contributed by atoms with E-state index in [1.54, 1.807) is 0 Å². The van der Waals surface area contributed by atoms with Crippen LogP contribution in [-0.2, 0) is 4.79 Å². The molecule has 0 bridgehead atoms. The van der Waals surface area contributed by atoms with Gasteiger partial charge in [0, 0.05) is 6.04 Å². The molecule has 0 saturated carbocycles. The number of rotatable bonds is 6. The number of carboxylic acids is 1. The number of aliphatic carboxylic acids is 1. The van der Waals surface area contributed by atoms with E-state index in [1.165, 1.54) is 32.1 Å². The van der Waals surface area contributed by atoms with Crippen molar-refractivity contribution in [3.8, 4) is 0 Å². The molecule has 3 heteroatoms. The second-order valence-electron chi connectivity index (χ2n) is 5.04. The Labute approximate surface area is 98.8 Å². The smallest absolute Gasteiger partial charge is 0.306 e. The van der Waals surface area contributed by atoms with Crippen LogP contribution in [0.4, 0.5) is 0 Å². The van der Waals surface area contributed by atoms with Crippen LogP contribution < -0.4 is 0 Å². The Morgan fingerprint density at radius 1 is 1.38 bits per heavy atom. The zero-order valence-electron chi connectivity index (χ0n) is 10.6. The Hall–Kier alpha value is -0.570. The highest BCUT2D eigenvalue weighted by Gasteiger charge is 2.29. The molecule has 0 aromatic heterocycles. The third-order valence-corrected chi connectivity index (χ3v) is 3.75. The van der Waals surface area contributed by atoms with Gasteiger partial charge in [-0.15, -0.1) is 0 Å². The molecule has 1 rings (SSSR count). The van der Waals surface area contributed by atoms with Gasteiger partial charge in [-0.3, -0.25) is 4.79 Å². The van der Waals surface area contributed by atoms with Crippen LogP contribution >= 0.6 is 0 Å². The van der Waals surface area contributed by atoms with Gasteiger partial charge in [-0.1, -0.05) is 32.6 Å². The maximum atomic E-state index is 11.0. The second kappa shape index (κ2) is 6.89. The lowest BCUT2D eigenvalue weighted by Crippen LogP contribution is -2.41. The molecule has 0 aliphatic carbocycles. The number of likely N-dealkylation sites (tertiary alicyclic amines) is 1. The van der Waals surface area contributed by atoms with Gasteiger partial charge < -0.3 is 10.0 Å². The molecule has 0 radical (unpaired) electrons. The molecule has 1 N–H and O–H groups in total. The lowest BCUT2D eigenvalue weighted by atomic mass is 9.88. The molecule has 0 amide bonds.